The summed E-state index contributed by atoms with van der Waals surface area (Å²) in [5, 5.41) is 12.5. The summed E-state index contributed by atoms with van der Waals surface area (Å²) in [6.45, 7) is 7.67. The van der Waals surface area contributed by atoms with Gasteiger partial charge in [-0.25, -0.2) is 4.79 Å². The number of rotatable bonds is 3. The maximum absolute atomic E-state index is 13.8. The number of aromatic nitrogens is 1. The molecule has 10 heteroatoms. The number of nitriles is 1. The van der Waals surface area contributed by atoms with Gasteiger partial charge in [0.1, 0.15) is 17.7 Å². The van der Waals surface area contributed by atoms with E-state index in [0.717, 1.165) is 31.2 Å². The molecule has 4 rings (SSSR count). The molecule has 2 N–H and O–H groups in total. The van der Waals surface area contributed by atoms with E-state index in [1.165, 1.54) is 6.07 Å². The minimum atomic E-state index is -0.747. The molecule has 5 atom stereocenters. The Morgan fingerprint density at radius 1 is 1.11 bits per heavy atom. The lowest BCUT2D eigenvalue weighted by Crippen LogP contribution is -2.57. The normalized spacial score (nSPS) is 28.2. The highest BCUT2D eigenvalue weighted by Gasteiger charge is 2.47. The molecule has 0 radical (unpaired) electrons. The van der Waals surface area contributed by atoms with Gasteiger partial charge in [0.2, 0.25) is 17.4 Å². The number of aryl methyl sites for hydroxylation is 1. The average molecular weight is 512 g/mol. The van der Waals surface area contributed by atoms with Crippen LogP contribution in [0.5, 0.6) is 0 Å². The molecule has 1 aromatic heterocycles. The number of fused-ring (bicyclic) bond motifs is 1. The van der Waals surface area contributed by atoms with E-state index in [-0.39, 0.29) is 35.9 Å². The van der Waals surface area contributed by atoms with E-state index >= 15 is 0 Å². The number of nitrogens with one attached hydrogen (secondary N) is 2. The molecular weight excluding hydrogens is 474 g/mol. The smallest absolute Gasteiger partial charge is 0.408 e. The number of pyridine rings is 1. The summed E-state index contributed by atoms with van der Waals surface area (Å²) in [5.74, 6) is -1.12. The van der Waals surface area contributed by atoms with Crippen molar-refractivity contribution in [1.29, 1.82) is 5.26 Å². The van der Waals surface area contributed by atoms with Crippen LogP contribution in [0.15, 0.2) is 16.9 Å². The Bertz CT molecular complexity index is 1150. The lowest BCUT2D eigenvalue weighted by molar-refractivity contribution is -0.146. The van der Waals surface area contributed by atoms with Gasteiger partial charge >= 0.3 is 6.09 Å². The first-order valence-electron chi connectivity index (χ1n) is 13.2. The minimum Gasteiger partial charge on any atom is -0.444 e. The highest BCUT2D eigenvalue weighted by atomic mass is 16.6. The van der Waals surface area contributed by atoms with E-state index in [4.69, 9.17) is 4.74 Å². The van der Waals surface area contributed by atoms with Gasteiger partial charge in [0.15, 0.2) is 0 Å². The van der Waals surface area contributed by atoms with E-state index in [0.29, 0.717) is 25.1 Å². The number of hydrogen-bond acceptors (Lipinski definition) is 6. The molecule has 0 spiro atoms. The molecule has 3 aliphatic heterocycles. The van der Waals surface area contributed by atoms with Gasteiger partial charge in [-0.1, -0.05) is 12.8 Å². The molecule has 3 aliphatic rings. The van der Waals surface area contributed by atoms with Crippen molar-refractivity contribution < 1.29 is 19.1 Å². The summed E-state index contributed by atoms with van der Waals surface area (Å²) in [5.41, 5.74) is 0.536. The monoisotopic (exact) mass is 511 g/mol. The number of alkyl carbamates (subject to hydrolysis) is 1. The van der Waals surface area contributed by atoms with Crippen molar-refractivity contribution in [1.82, 2.24) is 20.1 Å². The standard InChI is InChI=1S/C27H37N5O5/c1-16-11-17(12-23(33)29-16)20-15-31(14-18(20)13-28)25(35)22-10-9-19-7-5-6-8-21(24(34)32(19)22)30-26(36)37-27(2,3)4/h11-12,18-22H,5-10,14-15H2,1-4H3,(H,29,33)(H,30,36)/t18-,19+,20+,21+,22+/m1/s1. The topological polar surface area (TPSA) is 136 Å². The minimum absolute atomic E-state index is 0.0508. The first-order valence-corrected chi connectivity index (χ1v) is 13.2. The van der Waals surface area contributed by atoms with Crippen molar-refractivity contribution in [2.75, 3.05) is 13.1 Å². The lowest BCUT2D eigenvalue weighted by atomic mass is 9.90. The second-order valence-corrected chi connectivity index (χ2v) is 11.5. The van der Waals surface area contributed by atoms with Gasteiger partial charge in [-0.3, -0.25) is 14.4 Å². The number of likely N-dealkylation sites (tertiary alicyclic amines) is 1. The number of ether oxygens (including phenoxy) is 1. The predicted octanol–water partition coefficient (Wildman–Crippen LogP) is 2.58. The van der Waals surface area contributed by atoms with Crippen molar-refractivity contribution in [3.63, 3.8) is 0 Å². The number of carbonyl (C=O) groups is 3. The van der Waals surface area contributed by atoms with Crippen LogP contribution in [0.1, 0.15) is 76.5 Å². The first kappa shape index (κ1) is 26.7. The highest BCUT2D eigenvalue weighted by Crippen LogP contribution is 2.36. The van der Waals surface area contributed by atoms with Gasteiger partial charge < -0.3 is 24.8 Å². The molecular formula is C27H37N5O5. The largest absolute Gasteiger partial charge is 0.444 e. The Balaban J connectivity index is 1.52. The zero-order valence-electron chi connectivity index (χ0n) is 22.1. The molecule has 37 heavy (non-hydrogen) atoms. The summed E-state index contributed by atoms with van der Waals surface area (Å²) < 4.78 is 5.37. The third-order valence-corrected chi connectivity index (χ3v) is 7.54. The SMILES string of the molecule is Cc1cc([C@@H]2CN(C(=O)[C@@H]3CC[C@@H]4CCCC[C@H](NC(=O)OC(C)(C)C)C(=O)N43)C[C@H]2C#N)cc(=O)[nH]1. The maximum atomic E-state index is 13.8. The van der Waals surface area contributed by atoms with E-state index in [9.17, 15) is 24.4 Å². The predicted molar refractivity (Wildman–Crippen MR) is 136 cm³/mol. The lowest BCUT2D eigenvalue weighted by Gasteiger charge is -2.36. The quantitative estimate of drug-likeness (QED) is 0.640. The third-order valence-electron chi connectivity index (χ3n) is 7.54. The van der Waals surface area contributed by atoms with Gasteiger partial charge in [0.05, 0.1) is 12.0 Å². The number of aromatic amines is 1. The van der Waals surface area contributed by atoms with Crippen LogP contribution in [0, 0.1) is 24.2 Å². The van der Waals surface area contributed by atoms with Gasteiger partial charge in [0.25, 0.3) is 0 Å². The molecule has 3 saturated heterocycles. The Kier molecular flexibility index (Phi) is 7.62. The summed E-state index contributed by atoms with van der Waals surface area (Å²) in [7, 11) is 0. The fourth-order valence-electron chi connectivity index (χ4n) is 5.94. The van der Waals surface area contributed by atoms with Crippen LogP contribution in [0.3, 0.4) is 0 Å². The van der Waals surface area contributed by atoms with Gasteiger partial charge in [-0.15, -0.1) is 0 Å². The van der Waals surface area contributed by atoms with Crippen molar-refractivity contribution >= 4 is 17.9 Å². The second-order valence-electron chi connectivity index (χ2n) is 11.5. The van der Waals surface area contributed by atoms with Crippen molar-refractivity contribution in [3.8, 4) is 6.07 Å². The van der Waals surface area contributed by atoms with Crippen LogP contribution in [0.25, 0.3) is 0 Å². The fraction of sp³-hybridized carbons (Fsp3) is 0.667. The molecule has 0 aromatic carbocycles. The molecule has 3 fully saturated rings. The zero-order valence-corrected chi connectivity index (χ0v) is 22.1. The number of carbonyl (C=O) groups excluding carboxylic acids is 3. The van der Waals surface area contributed by atoms with E-state index in [1.54, 1.807) is 37.5 Å². The summed E-state index contributed by atoms with van der Waals surface area (Å²) in [4.78, 5) is 58.0. The summed E-state index contributed by atoms with van der Waals surface area (Å²) in [6.07, 6.45) is 3.67. The summed E-state index contributed by atoms with van der Waals surface area (Å²) in [6, 6.07) is 4.23. The van der Waals surface area contributed by atoms with Gasteiger partial charge in [-0.05, 0) is 65.0 Å². The summed E-state index contributed by atoms with van der Waals surface area (Å²) >= 11 is 0. The van der Waals surface area contributed by atoms with Crippen LogP contribution in [-0.2, 0) is 14.3 Å². The number of hydrogen-bond donors (Lipinski definition) is 2. The van der Waals surface area contributed by atoms with E-state index < -0.39 is 29.7 Å². The van der Waals surface area contributed by atoms with Crippen molar-refractivity contribution in [3.05, 3.63) is 33.7 Å². The molecule has 200 valence electrons. The Hall–Kier alpha value is -3.35. The molecule has 10 nitrogen and oxygen atoms in total. The number of amides is 3. The van der Waals surface area contributed by atoms with E-state index in [2.05, 4.69) is 16.4 Å². The van der Waals surface area contributed by atoms with Crippen molar-refractivity contribution in [2.24, 2.45) is 5.92 Å². The van der Waals surface area contributed by atoms with Crippen LogP contribution in [-0.4, -0.2) is 69.5 Å². The molecule has 0 bridgehead atoms. The van der Waals surface area contributed by atoms with Crippen LogP contribution < -0.4 is 10.9 Å². The third kappa shape index (κ3) is 5.97. The molecule has 4 heterocycles. The number of H-pyrrole nitrogens is 1. The zero-order chi connectivity index (χ0) is 26.9. The van der Waals surface area contributed by atoms with Crippen LogP contribution in [0.2, 0.25) is 0 Å². The fourth-order valence-corrected chi connectivity index (χ4v) is 5.94. The Morgan fingerprint density at radius 2 is 1.84 bits per heavy atom. The molecule has 3 amide bonds. The second kappa shape index (κ2) is 10.6. The molecule has 0 unspecified atom stereocenters. The molecule has 0 saturated carbocycles. The van der Waals surface area contributed by atoms with Crippen molar-refractivity contribution in [2.45, 2.75) is 95.9 Å². The number of nitrogens with zero attached hydrogens (tertiary/aromatic N) is 3. The average Bonchev–Trinajstić information content (AvgIpc) is 3.41. The van der Waals surface area contributed by atoms with E-state index in [1.807, 2.05) is 6.07 Å². The van der Waals surface area contributed by atoms with Crippen LogP contribution in [0.4, 0.5) is 4.79 Å². The first-order chi connectivity index (χ1) is 17.5. The van der Waals surface area contributed by atoms with Gasteiger partial charge in [0, 0.05) is 36.8 Å². The Labute approximate surface area is 217 Å². The maximum Gasteiger partial charge on any atom is 0.408 e. The highest BCUT2D eigenvalue weighted by molar-refractivity contribution is 5.92. The molecule has 0 aliphatic carbocycles. The Morgan fingerprint density at radius 3 is 2.51 bits per heavy atom. The molecule has 1 aromatic rings. The van der Waals surface area contributed by atoms with Gasteiger partial charge in [-0.2, -0.15) is 5.26 Å². The van der Waals surface area contributed by atoms with Crippen LogP contribution >= 0.6 is 0 Å².